The predicted molar refractivity (Wildman–Crippen MR) is 89.6 cm³/mol. The molecule has 0 spiro atoms. The van der Waals surface area contributed by atoms with Crippen molar-refractivity contribution in [2.45, 2.75) is 0 Å². The van der Waals surface area contributed by atoms with Gasteiger partial charge in [0.2, 0.25) is 0 Å². The normalized spacial score (nSPS) is 10.6. The summed E-state index contributed by atoms with van der Waals surface area (Å²) in [6.45, 7) is 0. The van der Waals surface area contributed by atoms with Gasteiger partial charge in [-0.05, 0) is 18.2 Å². The molecular formula is C16H15F2N5O3. The topological polar surface area (TPSA) is 110 Å². The minimum Gasteiger partial charge on any atom is -0.407 e. The maximum Gasteiger partial charge on any atom is 0.414 e. The van der Waals surface area contributed by atoms with E-state index in [1.807, 2.05) is 5.43 Å². The molecule has 3 amide bonds. The Labute approximate surface area is 147 Å². The fraction of sp³-hybridized carbons (Fsp3) is 0.125. The summed E-state index contributed by atoms with van der Waals surface area (Å²) in [5.41, 5.74) is 6.36. The first kappa shape index (κ1) is 18.8. The monoisotopic (exact) mass is 363 g/mol. The predicted octanol–water partition coefficient (Wildman–Crippen LogP) is 2.09. The molecule has 1 aromatic heterocycles. The van der Waals surface area contributed by atoms with Crippen LogP contribution >= 0.6 is 0 Å². The van der Waals surface area contributed by atoms with E-state index in [0.717, 1.165) is 23.2 Å². The van der Waals surface area contributed by atoms with Crippen LogP contribution in [0.25, 0.3) is 11.1 Å². The molecule has 8 nitrogen and oxygen atoms in total. The molecule has 0 aliphatic heterocycles. The molecule has 136 valence electrons. The van der Waals surface area contributed by atoms with Crippen LogP contribution < -0.4 is 15.9 Å². The van der Waals surface area contributed by atoms with Gasteiger partial charge < -0.3 is 15.4 Å². The lowest BCUT2D eigenvalue weighted by Crippen LogP contribution is -2.26. The van der Waals surface area contributed by atoms with Crippen LogP contribution in [-0.4, -0.2) is 42.3 Å². The molecule has 1 heterocycles. The molecule has 26 heavy (non-hydrogen) atoms. The molecule has 10 heteroatoms. The number of rotatable bonds is 4. The molecule has 0 unspecified atom stereocenters. The highest BCUT2D eigenvalue weighted by molar-refractivity contribution is 5.89. The van der Waals surface area contributed by atoms with Crippen molar-refractivity contribution < 1.29 is 23.1 Å². The van der Waals surface area contributed by atoms with Gasteiger partial charge in [0, 0.05) is 25.9 Å². The van der Waals surface area contributed by atoms with Gasteiger partial charge >= 0.3 is 12.1 Å². The van der Waals surface area contributed by atoms with E-state index in [9.17, 15) is 18.4 Å². The van der Waals surface area contributed by atoms with Crippen LogP contribution in [0.3, 0.4) is 0 Å². The molecule has 0 saturated heterocycles. The van der Waals surface area contributed by atoms with Gasteiger partial charge in [0.1, 0.15) is 17.3 Å². The Hall–Kier alpha value is -3.56. The number of hydrazone groups is 1. The maximum absolute atomic E-state index is 14.2. The summed E-state index contributed by atoms with van der Waals surface area (Å²) in [6.07, 6.45) is 1.49. The number of carbonyl (C=O) groups excluding carboxylic acids is 2. The number of carbonyl (C=O) groups is 2. The average Bonchev–Trinajstić information content (AvgIpc) is 2.56. The molecule has 0 fully saturated rings. The van der Waals surface area contributed by atoms with Crippen molar-refractivity contribution in [3.8, 4) is 16.9 Å². The zero-order chi connectivity index (χ0) is 19.3. The SMILES string of the molecule is CN(C)C(=O)Oc1c(-c2c(F)cccc2F)ccnc1C=NNC(N)=O. The number of hydrogen-bond acceptors (Lipinski definition) is 5. The van der Waals surface area contributed by atoms with Crippen LogP contribution in [0.5, 0.6) is 5.75 Å². The van der Waals surface area contributed by atoms with Crippen molar-refractivity contribution in [2.24, 2.45) is 10.8 Å². The maximum atomic E-state index is 14.2. The van der Waals surface area contributed by atoms with Crippen molar-refractivity contribution in [1.29, 1.82) is 0 Å². The smallest absolute Gasteiger partial charge is 0.407 e. The Morgan fingerprint density at radius 1 is 1.27 bits per heavy atom. The number of aromatic nitrogens is 1. The summed E-state index contributed by atoms with van der Waals surface area (Å²) < 4.78 is 33.6. The van der Waals surface area contributed by atoms with Gasteiger partial charge in [-0.1, -0.05) is 6.07 Å². The molecule has 0 aliphatic rings. The standard InChI is InChI=1S/C16H15F2N5O3/c1-23(2)16(25)26-14-9(13-10(17)4-3-5-11(13)18)6-7-20-12(14)8-21-22-15(19)24/h3-8H,1-2H3,(H3,19,22,24). The number of urea groups is 1. The number of nitrogens with zero attached hydrogens (tertiary/aromatic N) is 3. The summed E-state index contributed by atoms with van der Waals surface area (Å²) in [6, 6.07) is 3.71. The molecular weight excluding hydrogens is 348 g/mol. The minimum atomic E-state index is -0.926. The third kappa shape index (κ3) is 4.29. The molecule has 2 rings (SSSR count). The molecule has 0 saturated carbocycles. The van der Waals surface area contributed by atoms with Gasteiger partial charge in [-0.2, -0.15) is 5.10 Å². The van der Waals surface area contributed by atoms with Gasteiger partial charge in [-0.25, -0.2) is 23.8 Å². The highest BCUT2D eigenvalue weighted by Gasteiger charge is 2.21. The molecule has 3 N–H and O–H groups in total. The van der Waals surface area contributed by atoms with E-state index in [1.165, 1.54) is 32.4 Å². The van der Waals surface area contributed by atoms with Crippen LogP contribution in [0.2, 0.25) is 0 Å². The van der Waals surface area contributed by atoms with Gasteiger partial charge in [0.05, 0.1) is 11.8 Å². The Bertz CT molecular complexity index is 851. The zero-order valence-corrected chi connectivity index (χ0v) is 13.9. The Morgan fingerprint density at radius 3 is 2.50 bits per heavy atom. The number of halogens is 2. The summed E-state index contributed by atoms with van der Waals surface area (Å²) in [5.74, 6) is -1.93. The van der Waals surface area contributed by atoms with E-state index < -0.39 is 29.3 Å². The number of pyridine rings is 1. The van der Waals surface area contributed by atoms with Crippen LogP contribution in [0, 0.1) is 11.6 Å². The van der Waals surface area contributed by atoms with Gasteiger partial charge in [0.25, 0.3) is 0 Å². The molecule has 2 aromatic rings. The van der Waals surface area contributed by atoms with E-state index >= 15 is 0 Å². The summed E-state index contributed by atoms with van der Waals surface area (Å²) in [7, 11) is 2.87. The lowest BCUT2D eigenvalue weighted by Gasteiger charge is -2.16. The molecule has 0 atom stereocenters. The van der Waals surface area contributed by atoms with Gasteiger partial charge in [-0.15, -0.1) is 0 Å². The van der Waals surface area contributed by atoms with Gasteiger partial charge in [0.15, 0.2) is 5.75 Å². The fourth-order valence-corrected chi connectivity index (χ4v) is 1.95. The Morgan fingerprint density at radius 2 is 1.92 bits per heavy atom. The summed E-state index contributed by atoms with van der Waals surface area (Å²) in [4.78, 5) is 27.7. The molecule has 0 bridgehead atoms. The quantitative estimate of drug-likeness (QED) is 0.640. The van der Waals surface area contributed by atoms with Crippen molar-refractivity contribution in [2.75, 3.05) is 14.1 Å². The number of amides is 3. The first-order valence-corrected chi connectivity index (χ1v) is 7.22. The van der Waals surface area contributed by atoms with E-state index in [1.54, 1.807) is 0 Å². The number of ether oxygens (including phenoxy) is 1. The van der Waals surface area contributed by atoms with Crippen molar-refractivity contribution >= 4 is 18.3 Å². The van der Waals surface area contributed by atoms with Gasteiger partial charge in [-0.3, -0.25) is 4.98 Å². The number of primary amides is 1. The van der Waals surface area contributed by atoms with Crippen molar-refractivity contribution in [1.82, 2.24) is 15.3 Å². The Kier molecular flexibility index (Phi) is 5.78. The third-order valence-electron chi connectivity index (χ3n) is 3.08. The summed E-state index contributed by atoms with van der Waals surface area (Å²) in [5, 5.41) is 3.53. The van der Waals surface area contributed by atoms with E-state index in [0.29, 0.717) is 0 Å². The number of hydrogen-bond donors (Lipinski definition) is 2. The van der Waals surface area contributed by atoms with E-state index in [-0.39, 0.29) is 17.0 Å². The highest BCUT2D eigenvalue weighted by Crippen LogP contribution is 2.35. The van der Waals surface area contributed by atoms with Crippen LogP contribution in [0.4, 0.5) is 18.4 Å². The van der Waals surface area contributed by atoms with Crippen LogP contribution in [0.1, 0.15) is 5.69 Å². The largest absolute Gasteiger partial charge is 0.414 e. The summed E-state index contributed by atoms with van der Waals surface area (Å²) >= 11 is 0. The van der Waals surface area contributed by atoms with E-state index in [4.69, 9.17) is 10.5 Å². The van der Waals surface area contributed by atoms with Crippen LogP contribution in [0.15, 0.2) is 35.6 Å². The van der Waals surface area contributed by atoms with E-state index in [2.05, 4.69) is 10.1 Å². The second-order valence-electron chi connectivity index (χ2n) is 5.17. The van der Waals surface area contributed by atoms with Crippen molar-refractivity contribution in [3.05, 3.63) is 47.8 Å². The number of nitrogens with two attached hydrogens (primary N) is 1. The molecule has 1 aromatic carbocycles. The first-order valence-electron chi connectivity index (χ1n) is 7.22. The minimum absolute atomic E-state index is 0.0471. The second kappa shape index (κ2) is 8.01. The lowest BCUT2D eigenvalue weighted by atomic mass is 10.0. The highest BCUT2D eigenvalue weighted by atomic mass is 19.1. The number of nitrogens with one attached hydrogen (secondary N) is 1. The fourth-order valence-electron chi connectivity index (χ4n) is 1.95. The van der Waals surface area contributed by atoms with Crippen LogP contribution in [-0.2, 0) is 0 Å². The second-order valence-corrected chi connectivity index (χ2v) is 5.17. The first-order chi connectivity index (χ1) is 12.3. The Balaban J connectivity index is 2.62. The molecule has 0 radical (unpaired) electrons. The lowest BCUT2D eigenvalue weighted by molar-refractivity contribution is 0.172. The number of benzene rings is 1. The third-order valence-corrected chi connectivity index (χ3v) is 3.08. The zero-order valence-electron chi connectivity index (χ0n) is 13.9. The average molecular weight is 363 g/mol. The van der Waals surface area contributed by atoms with Crippen molar-refractivity contribution in [3.63, 3.8) is 0 Å². The molecule has 0 aliphatic carbocycles.